The van der Waals surface area contributed by atoms with Crippen LogP contribution in [0.2, 0.25) is 0 Å². The Labute approximate surface area is 82.6 Å². The van der Waals surface area contributed by atoms with Crippen LogP contribution in [-0.4, -0.2) is 16.0 Å². The second-order valence-corrected chi connectivity index (χ2v) is 2.77. The summed E-state index contributed by atoms with van der Waals surface area (Å²) in [4.78, 5) is 11.0. The monoisotopic (exact) mass is 217 g/mol. The molecular formula is C8H6F3N3O. The van der Waals surface area contributed by atoms with E-state index in [1.165, 1.54) is 12.3 Å². The highest BCUT2D eigenvalue weighted by atomic mass is 19.4. The van der Waals surface area contributed by atoms with Gasteiger partial charge in [0, 0.05) is 12.3 Å². The Kier molecular flexibility index (Phi) is 3.09. The van der Waals surface area contributed by atoms with Crippen LogP contribution >= 0.6 is 0 Å². The van der Waals surface area contributed by atoms with E-state index in [0.29, 0.717) is 4.68 Å². The van der Waals surface area contributed by atoms with Gasteiger partial charge in [-0.3, -0.25) is 4.79 Å². The minimum atomic E-state index is -4.65. The quantitative estimate of drug-likeness (QED) is 0.740. The molecule has 1 rings (SSSR count). The molecule has 0 N–H and O–H groups in total. The van der Waals surface area contributed by atoms with Gasteiger partial charge in [0.25, 0.3) is 5.56 Å². The molecule has 0 aliphatic heterocycles. The molecule has 7 heteroatoms. The highest BCUT2D eigenvalue weighted by molar-refractivity contribution is 4.91. The number of hydrogen-bond acceptors (Lipinski definition) is 3. The third kappa shape index (κ3) is 2.80. The van der Waals surface area contributed by atoms with Gasteiger partial charge in [-0.1, -0.05) is 0 Å². The molecule has 1 aromatic rings. The molecule has 0 amide bonds. The molecule has 1 unspecified atom stereocenters. The number of hydrogen-bond donors (Lipinski definition) is 0. The van der Waals surface area contributed by atoms with Crippen LogP contribution in [0.4, 0.5) is 13.2 Å². The maximum Gasteiger partial charge on any atom is 0.406 e. The highest BCUT2D eigenvalue weighted by Crippen LogP contribution is 2.26. The fourth-order valence-corrected chi connectivity index (χ4v) is 0.915. The standard InChI is InChI=1S/C8H6F3N3O/c9-8(10,11)6(4-12)5-14-7(15)2-1-3-13-14/h1-3,6H,5H2. The van der Waals surface area contributed by atoms with Gasteiger partial charge in [0.05, 0.1) is 12.6 Å². The summed E-state index contributed by atoms with van der Waals surface area (Å²) in [5.41, 5.74) is -0.665. The third-order valence-electron chi connectivity index (χ3n) is 1.69. The van der Waals surface area contributed by atoms with Crippen LogP contribution in [-0.2, 0) is 6.54 Å². The van der Waals surface area contributed by atoms with Crippen LogP contribution in [0.25, 0.3) is 0 Å². The number of rotatable bonds is 2. The maximum absolute atomic E-state index is 12.2. The van der Waals surface area contributed by atoms with Crippen molar-refractivity contribution in [1.29, 1.82) is 5.26 Å². The van der Waals surface area contributed by atoms with Crippen LogP contribution < -0.4 is 5.56 Å². The highest BCUT2D eigenvalue weighted by Gasteiger charge is 2.40. The average molecular weight is 217 g/mol. The third-order valence-corrected chi connectivity index (χ3v) is 1.69. The van der Waals surface area contributed by atoms with Gasteiger partial charge in [-0.2, -0.15) is 23.5 Å². The Morgan fingerprint density at radius 1 is 1.60 bits per heavy atom. The van der Waals surface area contributed by atoms with E-state index in [4.69, 9.17) is 5.26 Å². The van der Waals surface area contributed by atoms with Gasteiger partial charge in [-0.15, -0.1) is 0 Å². The number of aromatic nitrogens is 2. The first-order valence-electron chi connectivity index (χ1n) is 3.93. The SMILES string of the molecule is N#CC(Cn1ncccc1=O)C(F)(F)F. The van der Waals surface area contributed by atoms with Gasteiger partial charge in [0.1, 0.15) is 0 Å². The summed E-state index contributed by atoms with van der Waals surface area (Å²) in [5.74, 6) is -2.22. The summed E-state index contributed by atoms with van der Waals surface area (Å²) in [6.07, 6.45) is -3.46. The lowest BCUT2D eigenvalue weighted by atomic mass is 10.1. The van der Waals surface area contributed by atoms with Gasteiger partial charge in [-0.25, -0.2) is 4.68 Å². The molecule has 15 heavy (non-hydrogen) atoms. The summed E-state index contributed by atoms with van der Waals surface area (Å²) < 4.78 is 37.1. The van der Waals surface area contributed by atoms with Crippen LogP contribution in [0, 0.1) is 17.2 Å². The van der Waals surface area contributed by atoms with Crippen molar-refractivity contribution in [2.24, 2.45) is 5.92 Å². The number of nitriles is 1. The van der Waals surface area contributed by atoms with E-state index in [1.54, 1.807) is 0 Å². The lowest BCUT2D eigenvalue weighted by molar-refractivity contribution is -0.162. The largest absolute Gasteiger partial charge is 0.406 e. The molecule has 4 nitrogen and oxygen atoms in total. The Morgan fingerprint density at radius 3 is 2.73 bits per heavy atom. The van der Waals surface area contributed by atoms with Crippen molar-refractivity contribution in [2.45, 2.75) is 12.7 Å². The van der Waals surface area contributed by atoms with Crippen molar-refractivity contribution in [3.05, 3.63) is 28.7 Å². The number of halogens is 3. The van der Waals surface area contributed by atoms with E-state index in [9.17, 15) is 18.0 Å². The molecule has 80 valence electrons. The normalized spacial score (nSPS) is 13.2. The van der Waals surface area contributed by atoms with Crippen molar-refractivity contribution >= 4 is 0 Å². The molecule has 1 aromatic heterocycles. The Morgan fingerprint density at radius 2 is 2.27 bits per heavy atom. The lowest BCUT2D eigenvalue weighted by Crippen LogP contribution is -2.32. The average Bonchev–Trinajstić information content (AvgIpc) is 2.14. The molecule has 0 radical (unpaired) electrons. The van der Waals surface area contributed by atoms with Gasteiger partial charge < -0.3 is 0 Å². The molecule has 0 saturated carbocycles. The van der Waals surface area contributed by atoms with Gasteiger partial charge >= 0.3 is 6.18 Å². The molecule has 0 aromatic carbocycles. The predicted molar refractivity (Wildman–Crippen MR) is 43.7 cm³/mol. The van der Waals surface area contributed by atoms with Crippen molar-refractivity contribution in [3.8, 4) is 6.07 Å². The molecule has 0 fully saturated rings. The molecule has 0 saturated heterocycles. The van der Waals surface area contributed by atoms with Crippen LogP contribution in [0.15, 0.2) is 23.1 Å². The van der Waals surface area contributed by atoms with Crippen molar-refractivity contribution in [1.82, 2.24) is 9.78 Å². The van der Waals surface area contributed by atoms with Crippen molar-refractivity contribution in [3.63, 3.8) is 0 Å². The zero-order valence-electron chi connectivity index (χ0n) is 7.40. The maximum atomic E-state index is 12.2. The first-order chi connectivity index (χ1) is 6.95. The summed E-state index contributed by atoms with van der Waals surface area (Å²) in [7, 11) is 0. The Bertz CT molecular complexity index is 432. The van der Waals surface area contributed by atoms with Gasteiger partial charge in [0.2, 0.25) is 0 Å². The Balaban J connectivity index is 2.92. The summed E-state index contributed by atoms with van der Waals surface area (Å²) in [6.45, 7) is -0.778. The molecule has 0 aliphatic rings. The van der Waals surface area contributed by atoms with E-state index in [1.807, 2.05) is 0 Å². The smallest absolute Gasteiger partial charge is 0.268 e. The second-order valence-electron chi connectivity index (χ2n) is 2.77. The summed E-state index contributed by atoms with van der Waals surface area (Å²) in [5, 5.41) is 11.7. The minimum Gasteiger partial charge on any atom is -0.268 e. The van der Waals surface area contributed by atoms with Crippen LogP contribution in [0.1, 0.15) is 0 Å². The molecule has 0 spiro atoms. The fourth-order valence-electron chi connectivity index (χ4n) is 0.915. The minimum absolute atomic E-state index is 0.612. The zero-order chi connectivity index (χ0) is 11.5. The van der Waals surface area contributed by atoms with Crippen molar-refractivity contribution in [2.75, 3.05) is 0 Å². The number of alkyl halides is 3. The van der Waals surface area contributed by atoms with Gasteiger partial charge in [0.15, 0.2) is 5.92 Å². The molecule has 0 bridgehead atoms. The van der Waals surface area contributed by atoms with E-state index in [2.05, 4.69) is 5.10 Å². The topological polar surface area (TPSA) is 58.7 Å². The van der Waals surface area contributed by atoms with E-state index >= 15 is 0 Å². The lowest BCUT2D eigenvalue weighted by Gasteiger charge is -2.13. The fraction of sp³-hybridized carbons (Fsp3) is 0.375. The van der Waals surface area contributed by atoms with E-state index in [-0.39, 0.29) is 0 Å². The van der Waals surface area contributed by atoms with Crippen molar-refractivity contribution < 1.29 is 13.2 Å². The predicted octanol–water partition coefficient (Wildman–Crippen LogP) is 0.945. The van der Waals surface area contributed by atoms with E-state index in [0.717, 1.165) is 12.1 Å². The molecule has 1 heterocycles. The Hall–Kier alpha value is -1.84. The second kappa shape index (κ2) is 4.13. The molecule has 0 aliphatic carbocycles. The first kappa shape index (κ1) is 11.2. The zero-order valence-corrected chi connectivity index (χ0v) is 7.40. The molecular weight excluding hydrogens is 211 g/mol. The summed E-state index contributed by atoms with van der Waals surface area (Å²) in [6, 6.07) is 3.49. The van der Waals surface area contributed by atoms with Crippen LogP contribution in [0.5, 0.6) is 0 Å². The molecule has 1 atom stereocenters. The van der Waals surface area contributed by atoms with Crippen LogP contribution in [0.3, 0.4) is 0 Å². The van der Waals surface area contributed by atoms with E-state index < -0.39 is 24.2 Å². The van der Waals surface area contributed by atoms with Gasteiger partial charge in [-0.05, 0) is 6.07 Å². The first-order valence-corrected chi connectivity index (χ1v) is 3.93. The summed E-state index contributed by atoms with van der Waals surface area (Å²) >= 11 is 0. The number of nitrogens with zero attached hydrogens (tertiary/aromatic N) is 3.